The molecule has 2 heterocycles. The van der Waals surface area contributed by atoms with E-state index in [4.69, 9.17) is 4.42 Å². The van der Waals surface area contributed by atoms with Crippen LogP contribution >= 0.6 is 0 Å². The third kappa shape index (κ3) is 3.93. The van der Waals surface area contributed by atoms with Gasteiger partial charge in [-0.05, 0) is 23.6 Å². The van der Waals surface area contributed by atoms with E-state index in [0.29, 0.717) is 12.1 Å². The summed E-state index contributed by atoms with van der Waals surface area (Å²) in [6.07, 6.45) is 0.912. The lowest BCUT2D eigenvalue weighted by atomic mass is 10.1. The molecule has 0 bridgehead atoms. The maximum Gasteiger partial charge on any atom is 0.336 e. The monoisotopic (exact) mass is 342 g/mol. The summed E-state index contributed by atoms with van der Waals surface area (Å²) >= 11 is 0. The highest BCUT2D eigenvalue weighted by Gasteiger charge is 2.23. The normalized spacial score (nSPS) is 15.9. The maximum atomic E-state index is 12.1. The number of aryl methyl sites for hydroxylation is 1. The molecule has 1 amide bonds. The fraction of sp³-hybridized carbons (Fsp3) is 0.500. The van der Waals surface area contributed by atoms with Crippen molar-refractivity contribution in [3.8, 4) is 0 Å². The molecule has 0 spiro atoms. The van der Waals surface area contributed by atoms with Crippen LogP contribution in [0.1, 0.15) is 31.9 Å². The van der Waals surface area contributed by atoms with E-state index in [1.807, 2.05) is 30.9 Å². The number of amides is 1. The Hall–Kier alpha value is -2.14. The van der Waals surface area contributed by atoms with Crippen LogP contribution in [-0.2, 0) is 17.8 Å². The van der Waals surface area contributed by atoms with Crippen LogP contribution in [0.3, 0.4) is 0 Å². The molecule has 0 aliphatic carbocycles. The molecule has 25 heavy (non-hydrogen) atoms. The SMILES string of the molecule is CCc1ccc2c(CN3CCN(C(=O)C(C)C)CC3)cc(=O)oc2c1. The van der Waals surface area contributed by atoms with Gasteiger partial charge in [0.1, 0.15) is 5.58 Å². The molecule has 134 valence electrons. The molecule has 0 unspecified atom stereocenters. The van der Waals surface area contributed by atoms with E-state index in [1.54, 1.807) is 6.07 Å². The summed E-state index contributed by atoms with van der Waals surface area (Å²) < 4.78 is 5.38. The smallest absolute Gasteiger partial charge is 0.336 e. The van der Waals surface area contributed by atoms with Crippen molar-refractivity contribution in [2.24, 2.45) is 5.92 Å². The Morgan fingerprint density at radius 3 is 2.52 bits per heavy atom. The van der Waals surface area contributed by atoms with Gasteiger partial charge in [0, 0.05) is 50.1 Å². The van der Waals surface area contributed by atoms with Crippen LogP contribution in [0.5, 0.6) is 0 Å². The van der Waals surface area contributed by atoms with Crippen molar-refractivity contribution in [3.05, 3.63) is 45.8 Å². The summed E-state index contributed by atoms with van der Waals surface area (Å²) in [6.45, 7) is 9.81. The zero-order chi connectivity index (χ0) is 18.0. The first-order valence-electron chi connectivity index (χ1n) is 9.04. The number of carbonyl (C=O) groups excluding carboxylic acids is 1. The van der Waals surface area contributed by atoms with E-state index in [-0.39, 0.29) is 17.5 Å². The maximum absolute atomic E-state index is 12.1. The lowest BCUT2D eigenvalue weighted by Crippen LogP contribution is -2.49. The summed E-state index contributed by atoms with van der Waals surface area (Å²) in [5, 5.41) is 0.998. The van der Waals surface area contributed by atoms with Gasteiger partial charge in [0.2, 0.25) is 5.91 Å². The number of piperazine rings is 1. The van der Waals surface area contributed by atoms with E-state index < -0.39 is 0 Å². The molecular formula is C20H26N2O3. The number of hydrogen-bond acceptors (Lipinski definition) is 4. The van der Waals surface area contributed by atoms with Crippen molar-refractivity contribution >= 4 is 16.9 Å². The van der Waals surface area contributed by atoms with Crippen LogP contribution in [0.15, 0.2) is 33.5 Å². The van der Waals surface area contributed by atoms with Gasteiger partial charge in [-0.25, -0.2) is 4.79 Å². The first kappa shape index (κ1) is 17.7. The predicted molar refractivity (Wildman–Crippen MR) is 98.6 cm³/mol. The minimum Gasteiger partial charge on any atom is -0.423 e. The zero-order valence-electron chi connectivity index (χ0n) is 15.2. The summed E-state index contributed by atoms with van der Waals surface area (Å²) in [6, 6.07) is 7.69. The van der Waals surface area contributed by atoms with Crippen LogP contribution in [0.4, 0.5) is 0 Å². The number of nitrogens with zero attached hydrogens (tertiary/aromatic N) is 2. The van der Waals surface area contributed by atoms with E-state index in [9.17, 15) is 9.59 Å². The van der Waals surface area contributed by atoms with E-state index in [0.717, 1.165) is 49.1 Å². The second-order valence-electron chi connectivity index (χ2n) is 7.03. The third-order valence-corrected chi connectivity index (χ3v) is 4.87. The molecule has 2 aromatic rings. The second kappa shape index (κ2) is 7.40. The lowest BCUT2D eigenvalue weighted by molar-refractivity contribution is -0.136. The van der Waals surface area contributed by atoms with Gasteiger partial charge in [0.05, 0.1) is 0 Å². The minimum absolute atomic E-state index is 0.0435. The molecular weight excluding hydrogens is 316 g/mol. The quantitative estimate of drug-likeness (QED) is 0.802. The number of fused-ring (bicyclic) bond motifs is 1. The predicted octanol–water partition coefficient (Wildman–Crippen LogP) is 2.66. The Morgan fingerprint density at radius 2 is 1.88 bits per heavy atom. The number of carbonyl (C=O) groups is 1. The lowest BCUT2D eigenvalue weighted by Gasteiger charge is -2.35. The van der Waals surface area contributed by atoms with Crippen molar-refractivity contribution in [1.82, 2.24) is 9.80 Å². The number of benzene rings is 1. The van der Waals surface area contributed by atoms with Crippen LogP contribution in [0.25, 0.3) is 11.0 Å². The molecule has 1 aromatic carbocycles. The summed E-state index contributed by atoms with van der Waals surface area (Å²) in [4.78, 5) is 28.3. The van der Waals surface area contributed by atoms with Crippen molar-refractivity contribution in [1.29, 1.82) is 0 Å². The van der Waals surface area contributed by atoms with Crippen molar-refractivity contribution in [2.45, 2.75) is 33.7 Å². The van der Waals surface area contributed by atoms with Gasteiger partial charge < -0.3 is 9.32 Å². The number of rotatable bonds is 4. The highest BCUT2D eigenvalue weighted by atomic mass is 16.4. The van der Waals surface area contributed by atoms with Crippen molar-refractivity contribution in [2.75, 3.05) is 26.2 Å². The molecule has 1 saturated heterocycles. The average Bonchev–Trinajstić information content (AvgIpc) is 2.61. The van der Waals surface area contributed by atoms with Crippen molar-refractivity contribution in [3.63, 3.8) is 0 Å². The minimum atomic E-state index is -0.302. The number of hydrogen-bond donors (Lipinski definition) is 0. The molecule has 1 aliphatic rings. The fourth-order valence-corrected chi connectivity index (χ4v) is 3.36. The third-order valence-electron chi connectivity index (χ3n) is 4.87. The molecule has 5 heteroatoms. The van der Waals surface area contributed by atoms with Gasteiger partial charge in [-0.1, -0.05) is 32.9 Å². The first-order chi connectivity index (χ1) is 12.0. The molecule has 0 saturated carbocycles. The van der Waals surface area contributed by atoms with Gasteiger partial charge in [0.25, 0.3) is 0 Å². The Kier molecular flexibility index (Phi) is 5.23. The summed E-state index contributed by atoms with van der Waals surface area (Å²) in [5.74, 6) is 0.263. The molecule has 0 N–H and O–H groups in total. The van der Waals surface area contributed by atoms with Crippen LogP contribution in [0, 0.1) is 5.92 Å². The standard InChI is InChI=1S/C20H26N2O3/c1-4-15-5-6-17-16(12-19(23)25-18(17)11-15)13-21-7-9-22(10-8-21)20(24)14(2)3/h5-6,11-12,14H,4,7-10,13H2,1-3H3. The average molecular weight is 342 g/mol. The van der Waals surface area contributed by atoms with Crippen LogP contribution in [-0.4, -0.2) is 41.9 Å². The molecule has 1 fully saturated rings. The van der Waals surface area contributed by atoms with Crippen molar-refractivity contribution < 1.29 is 9.21 Å². The Bertz CT molecular complexity index is 817. The van der Waals surface area contributed by atoms with Gasteiger partial charge in [-0.2, -0.15) is 0 Å². The molecule has 5 nitrogen and oxygen atoms in total. The summed E-state index contributed by atoms with van der Waals surface area (Å²) in [5.41, 5.74) is 2.52. The molecule has 0 radical (unpaired) electrons. The topological polar surface area (TPSA) is 53.8 Å². The van der Waals surface area contributed by atoms with Gasteiger partial charge >= 0.3 is 5.63 Å². The highest BCUT2D eigenvalue weighted by molar-refractivity contribution is 5.81. The Morgan fingerprint density at radius 1 is 1.16 bits per heavy atom. The molecule has 1 aliphatic heterocycles. The molecule has 0 atom stereocenters. The second-order valence-corrected chi connectivity index (χ2v) is 7.03. The Labute approximate surface area is 148 Å². The van der Waals surface area contributed by atoms with Crippen LogP contribution < -0.4 is 5.63 Å². The van der Waals surface area contributed by atoms with E-state index >= 15 is 0 Å². The molecule has 3 rings (SSSR count). The Balaban J connectivity index is 1.76. The largest absolute Gasteiger partial charge is 0.423 e. The van der Waals surface area contributed by atoms with E-state index in [1.165, 1.54) is 0 Å². The summed E-state index contributed by atoms with van der Waals surface area (Å²) in [7, 11) is 0. The molecule has 1 aromatic heterocycles. The first-order valence-corrected chi connectivity index (χ1v) is 9.04. The van der Waals surface area contributed by atoms with Gasteiger partial charge in [-0.3, -0.25) is 9.69 Å². The fourth-order valence-electron chi connectivity index (χ4n) is 3.36. The van der Waals surface area contributed by atoms with Gasteiger partial charge in [-0.15, -0.1) is 0 Å². The highest BCUT2D eigenvalue weighted by Crippen LogP contribution is 2.21. The zero-order valence-corrected chi connectivity index (χ0v) is 15.2. The van der Waals surface area contributed by atoms with Crippen LogP contribution in [0.2, 0.25) is 0 Å². The van der Waals surface area contributed by atoms with Gasteiger partial charge in [0.15, 0.2) is 0 Å². The van der Waals surface area contributed by atoms with E-state index in [2.05, 4.69) is 17.9 Å².